The molecule has 0 heterocycles. The van der Waals surface area contributed by atoms with Crippen molar-refractivity contribution in [3.8, 4) is 0 Å². The Hall–Kier alpha value is -1.35. The van der Waals surface area contributed by atoms with Gasteiger partial charge in [-0.2, -0.15) is 0 Å². The van der Waals surface area contributed by atoms with E-state index in [0.717, 1.165) is 12.8 Å². The molecule has 1 atom stereocenters. The van der Waals surface area contributed by atoms with Gasteiger partial charge in [0, 0.05) is 6.54 Å². The molecular weight excluding hydrogens is 214 g/mol. The Morgan fingerprint density at radius 3 is 2.47 bits per heavy atom. The number of carboxylic acid groups (broad SMARTS) is 1. The molecule has 3 heteroatoms. The SMILES string of the molecule is Cc1cccc(C)c1CNC(C(=O)O)C1CC1. The summed E-state index contributed by atoms with van der Waals surface area (Å²) in [6, 6.07) is 5.78. The van der Waals surface area contributed by atoms with Gasteiger partial charge < -0.3 is 10.4 Å². The van der Waals surface area contributed by atoms with Gasteiger partial charge >= 0.3 is 5.97 Å². The highest BCUT2D eigenvalue weighted by molar-refractivity contribution is 5.74. The number of hydrogen-bond donors (Lipinski definition) is 2. The molecule has 1 aromatic carbocycles. The second-order valence-corrected chi connectivity index (χ2v) is 4.90. The zero-order chi connectivity index (χ0) is 12.4. The summed E-state index contributed by atoms with van der Waals surface area (Å²) in [4.78, 5) is 11.1. The van der Waals surface area contributed by atoms with Crippen molar-refractivity contribution in [2.75, 3.05) is 0 Å². The Bertz CT molecular complexity index is 404. The van der Waals surface area contributed by atoms with Gasteiger partial charge in [0.1, 0.15) is 6.04 Å². The summed E-state index contributed by atoms with van der Waals surface area (Å²) in [7, 11) is 0. The molecule has 1 aliphatic carbocycles. The summed E-state index contributed by atoms with van der Waals surface area (Å²) < 4.78 is 0. The van der Waals surface area contributed by atoms with Crippen molar-refractivity contribution < 1.29 is 9.90 Å². The van der Waals surface area contributed by atoms with Crippen LogP contribution in [-0.4, -0.2) is 17.1 Å². The molecule has 0 amide bonds. The molecule has 0 aliphatic heterocycles. The highest BCUT2D eigenvalue weighted by Gasteiger charge is 2.35. The largest absolute Gasteiger partial charge is 0.480 e. The van der Waals surface area contributed by atoms with E-state index in [0.29, 0.717) is 12.5 Å². The second-order valence-electron chi connectivity index (χ2n) is 4.90. The van der Waals surface area contributed by atoms with Crippen molar-refractivity contribution in [1.29, 1.82) is 0 Å². The Labute approximate surface area is 102 Å². The lowest BCUT2D eigenvalue weighted by Crippen LogP contribution is -2.38. The van der Waals surface area contributed by atoms with Crippen molar-refractivity contribution >= 4 is 5.97 Å². The summed E-state index contributed by atoms with van der Waals surface area (Å²) in [6.07, 6.45) is 2.08. The van der Waals surface area contributed by atoms with Crippen molar-refractivity contribution in [3.63, 3.8) is 0 Å². The van der Waals surface area contributed by atoms with Gasteiger partial charge in [0.25, 0.3) is 0 Å². The summed E-state index contributed by atoms with van der Waals surface area (Å²) >= 11 is 0. The van der Waals surface area contributed by atoms with E-state index in [-0.39, 0.29) is 6.04 Å². The molecule has 0 bridgehead atoms. The van der Waals surface area contributed by atoms with Crippen LogP contribution >= 0.6 is 0 Å². The first-order valence-electron chi connectivity index (χ1n) is 6.11. The van der Waals surface area contributed by atoms with E-state index in [9.17, 15) is 4.79 Å². The zero-order valence-electron chi connectivity index (χ0n) is 10.4. The lowest BCUT2D eigenvalue weighted by molar-refractivity contribution is -0.140. The Balaban J connectivity index is 2.03. The van der Waals surface area contributed by atoms with Crippen LogP contribution in [0, 0.1) is 19.8 Å². The van der Waals surface area contributed by atoms with Crippen molar-refractivity contribution in [2.24, 2.45) is 5.92 Å². The Morgan fingerprint density at radius 2 is 2.00 bits per heavy atom. The van der Waals surface area contributed by atoms with Crippen LogP contribution in [0.15, 0.2) is 18.2 Å². The topological polar surface area (TPSA) is 49.3 Å². The van der Waals surface area contributed by atoms with Gasteiger partial charge in [0.2, 0.25) is 0 Å². The van der Waals surface area contributed by atoms with E-state index in [4.69, 9.17) is 5.11 Å². The fraction of sp³-hybridized carbons (Fsp3) is 0.500. The molecule has 1 fully saturated rings. The summed E-state index contributed by atoms with van der Waals surface area (Å²) in [5, 5.41) is 12.3. The minimum Gasteiger partial charge on any atom is -0.480 e. The molecule has 3 nitrogen and oxygen atoms in total. The van der Waals surface area contributed by atoms with Crippen LogP contribution in [0.2, 0.25) is 0 Å². The maximum Gasteiger partial charge on any atom is 0.320 e. The van der Waals surface area contributed by atoms with Gasteiger partial charge in [0.15, 0.2) is 0 Å². The van der Waals surface area contributed by atoms with Crippen LogP contribution in [0.1, 0.15) is 29.5 Å². The molecule has 0 aromatic heterocycles. The summed E-state index contributed by atoms with van der Waals surface area (Å²) in [6.45, 7) is 4.78. The number of benzene rings is 1. The standard InChI is InChI=1S/C14H19NO2/c1-9-4-3-5-10(2)12(9)8-15-13(14(16)17)11-6-7-11/h3-5,11,13,15H,6-8H2,1-2H3,(H,16,17). The van der Waals surface area contributed by atoms with Crippen LogP contribution in [0.5, 0.6) is 0 Å². The molecule has 2 rings (SSSR count). The monoisotopic (exact) mass is 233 g/mol. The maximum absolute atomic E-state index is 11.1. The number of carbonyl (C=O) groups is 1. The Morgan fingerprint density at radius 1 is 1.41 bits per heavy atom. The third kappa shape index (κ3) is 2.86. The average Bonchev–Trinajstić information content (AvgIpc) is 3.06. The molecule has 1 aliphatic rings. The number of carboxylic acids is 1. The summed E-state index contributed by atoms with van der Waals surface area (Å²) in [5.74, 6) is -0.393. The number of rotatable bonds is 5. The van der Waals surface area contributed by atoms with E-state index in [2.05, 4.69) is 31.3 Å². The maximum atomic E-state index is 11.1. The molecule has 1 unspecified atom stereocenters. The lowest BCUT2D eigenvalue weighted by Gasteiger charge is -2.16. The second kappa shape index (κ2) is 4.88. The van der Waals surface area contributed by atoms with Crippen LogP contribution in [-0.2, 0) is 11.3 Å². The highest BCUT2D eigenvalue weighted by Crippen LogP contribution is 2.33. The van der Waals surface area contributed by atoms with Gasteiger partial charge in [-0.3, -0.25) is 4.79 Å². The van der Waals surface area contributed by atoms with Crippen molar-refractivity contribution in [1.82, 2.24) is 5.32 Å². The predicted molar refractivity (Wildman–Crippen MR) is 66.9 cm³/mol. The minimum atomic E-state index is -0.723. The zero-order valence-corrected chi connectivity index (χ0v) is 10.4. The van der Waals surface area contributed by atoms with E-state index < -0.39 is 5.97 Å². The van der Waals surface area contributed by atoms with Crippen LogP contribution in [0.25, 0.3) is 0 Å². The lowest BCUT2D eigenvalue weighted by atomic mass is 10.0. The molecule has 1 aromatic rings. The van der Waals surface area contributed by atoms with E-state index in [1.165, 1.54) is 16.7 Å². The fourth-order valence-electron chi connectivity index (χ4n) is 2.23. The van der Waals surface area contributed by atoms with Gasteiger partial charge in [-0.15, -0.1) is 0 Å². The number of hydrogen-bond acceptors (Lipinski definition) is 2. The fourth-order valence-corrected chi connectivity index (χ4v) is 2.23. The predicted octanol–water partition coefficient (Wildman–Crippen LogP) is 2.26. The van der Waals surface area contributed by atoms with Gasteiger partial charge in [-0.05, 0) is 49.3 Å². The van der Waals surface area contributed by atoms with Gasteiger partial charge in [-0.25, -0.2) is 0 Å². The number of nitrogens with one attached hydrogen (secondary N) is 1. The van der Waals surface area contributed by atoms with Crippen LogP contribution < -0.4 is 5.32 Å². The Kier molecular flexibility index (Phi) is 3.48. The van der Waals surface area contributed by atoms with E-state index >= 15 is 0 Å². The van der Waals surface area contributed by atoms with Crippen LogP contribution in [0.4, 0.5) is 0 Å². The van der Waals surface area contributed by atoms with E-state index in [1.807, 2.05) is 6.07 Å². The van der Waals surface area contributed by atoms with E-state index in [1.54, 1.807) is 0 Å². The highest BCUT2D eigenvalue weighted by atomic mass is 16.4. The van der Waals surface area contributed by atoms with Gasteiger partial charge in [0.05, 0.1) is 0 Å². The number of aliphatic carboxylic acids is 1. The third-order valence-electron chi connectivity index (χ3n) is 3.50. The first-order chi connectivity index (χ1) is 8.09. The molecule has 0 saturated heterocycles. The van der Waals surface area contributed by atoms with Gasteiger partial charge in [-0.1, -0.05) is 18.2 Å². The normalized spacial score (nSPS) is 16.8. The average molecular weight is 233 g/mol. The minimum absolute atomic E-state index is 0.330. The van der Waals surface area contributed by atoms with Crippen molar-refractivity contribution in [2.45, 2.75) is 39.3 Å². The molecule has 1 saturated carbocycles. The summed E-state index contributed by atoms with van der Waals surface area (Å²) in [5.41, 5.74) is 3.66. The first kappa shape index (κ1) is 12.1. The molecular formula is C14H19NO2. The van der Waals surface area contributed by atoms with Crippen LogP contribution in [0.3, 0.4) is 0 Å². The smallest absolute Gasteiger partial charge is 0.320 e. The molecule has 92 valence electrons. The quantitative estimate of drug-likeness (QED) is 0.820. The third-order valence-corrected chi connectivity index (χ3v) is 3.50. The molecule has 0 spiro atoms. The number of aryl methyl sites for hydroxylation is 2. The van der Waals surface area contributed by atoms with Crippen molar-refractivity contribution in [3.05, 3.63) is 34.9 Å². The molecule has 0 radical (unpaired) electrons. The first-order valence-corrected chi connectivity index (χ1v) is 6.11. The molecule has 2 N–H and O–H groups in total. The molecule has 17 heavy (non-hydrogen) atoms.